The van der Waals surface area contributed by atoms with Gasteiger partial charge in [-0.05, 0) is 25.0 Å². The normalized spacial score (nSPS) is 10.7. The smallest absolute Gasteiger partial charge is 0.260 e. The third-order valence-corrected chi connectivity index (χ3v) is 4.29. The number of thiazole rings is 1. The summed E-state index contributed by atoms with van der Waals surface area (Å²) in [5.41, 5.74) is 4.10. The topological polar surface area (TPSA) is 59.8 Å². The Labute approximate surface area is 132 Å². The Morgan fingerprint density at radius 3 is 2.77 bits per heavy atom. The van der Waals surface area contributed by atoms with Crippen LogP contribution in [0.4, 0.5) is 5.13 Å². The molecule has 22 heavy (non-hydrogen) atoms. The van der Waals surface area contributed by atoms with Gasteiger partial charge in [0.15, 0.2) is 5.13 Å². The summed E-state index contributed by atoms with van der Waals surface area (Å²) in [5, 5.41) is 7.39. The van der Waals surface area contributed by atoms with Gasteiger partial charge < -0.3 is 0 Å². The molecule has 0 aliphatic rings. The molecule has 3 rings (SSSR count). The minimum Gasteiger partial charge on any atom is -0.298 e. The zero-order valence-electron chi connectivity index (χ0n) is 12.6. The summed E-state index contributed by atoms with van der Waals surface area (Å²) >= 11 is 1.47. The molecule has 0 saturated heterocycles. The summed E-state index contributed by atoms with van der Waals surface area (Å²) in [4.78, 5) is 17.4. The van der Waals surface area contributed by atoms with Gasteiger partial charge in [-0.15, -0.1) is 0 Å². The predicted octanol–water partition coefficient (Wildman–Crippen LogP) is 3.41. The number of amides is 1. The van der Waals surface area contributed by atoms with Gasteiger partial charge in [-0.2, -0.15) is 5.10 Å². The number of hydrogen-bond acceptors (Lipinski definition) is 4. The number of anilines is 1. The fourth-order valence-corrected chi connectivity index (χ4v) is 3.16. The second kappa shape index (κ2) is 5.73. The number of carbonyl (C=O) groups excluding carboxylic acids is 1. The lowest BCUT2D eigenvalue weighted by molar-refractivity contribution is 0.102. The third-order valence-electron chi connectivity index (χ3n) is 3.34. The fraction of sp³-hybridized carbons (Fsp3) is 0.188. The van der Waals surface area contributed by atoms with E-state index in [2.05, 4.69) is 47.4 Å². The van der Waals surface area contributed by atoms with E-state index in [-0.39, 0.29) is 5.91 Å². The van der Waals surface area contributed by atoms with E-state index >= 15 is 0 Å². The van der Waals surface area contributed by atoms with Crippen LogP contribution in [0.15, 0.2) is 36.8 Å². The first-order chi connectivity index (χ1) is 10.5. The average molecular weight is 312 g/mol. The van der Waals surface area contributed by atoms with Gasteiger partial charge in [0.05, 0.1) is 16.6 Å². The van der Waals surface area contributed by atoms with E-state index in [0.717, 1.165) is 10.4 Å². The highest BCUT2D eigenvalue weighted by Crippen LogP contribution is 2.31. The first-order valence-corrected chi connectivity index (χ1v) is 7.68. The number of carbonyl (C=O) groups is 1. The Morgan fingerprint density at radius 2 is 2.09 bits per heavy atom. The second-order valence-corrected chi connectivity index (χ2v) is 6.24. The summed E-state index contributed by atoms with van der Waals surface area (Å²) in [5.74, 6) is -0.199. The number of aryl methyl sites for hydroxylation is 3. The highest BCUT2D eigenvalue weighted by Gasteiger charge is 2.12. The van der Waals surface area contributed by atoms with Crippen LogP contribution in [-0.4, -0.2) is 20.7 Å². The van der Waals surface area contributed by atoms with Crippen LogP contribution in [0, 0.1) is 13.8 Å². The summed E-state index contributed by atoms with van der Waals surface area (Å²) < 4.78 is 1.60. The molecule has 0 bridgehead atoms. The van der Waals surface area contributed by atoms with Crippen molar-refractivity contribution >= 4 is 22.4 Å². The van der Waals surface area contributed by atoms with E-state index in [1.807, 2.05) is 0 Å². The molecule has 0 radical (unpaired) electrons. The van der Waals surface area contributed by atoms with E-state index in [4.69, 9.17) is 0 Å². The summed E-state index contributed by atoms with van der Waals surface area (Å²) in [6.45, 7) is 4.15. The number of benzene rings is 1. The van der Waals surface area contributed by atoms with Crippen molar-refractivity contribution in [3.05, 3.63) is 53.5 Å². The maximum Gasteiger partial charge on any atom is 0.260 e. The number of aromatic nitrogens is 3. The lowest BCUT2D eigenvalue weighted by atomic mass is 10.1. The summed E-state index contributed by atoms with van der Waals surface area (Å²) in [6.07, 6.45) is 5.00. The molecule has 1 N–H and O–H groups in total. The summed E-state index contributed by atoms with van der Waals surface area (Å²) in [6, 6.07) is 6.31. The molecule has 1 aromatic carbocycles. The van der Waals surface area contributed by atoms with E-state index in [1.54, 1.807) is 24.1 Å². The molecule has 0 unspecified atom stereocenters. The van der Waals surface area contributed by atoms with E-state index in [1.165, 1.54) is 28.7 Å². The van der Waals surface area contributed by atoms with Crippen molar-refractivity contribution in [1.29, 1.82) is 0 Å². The monoisotopic (exact) mass is 312 g/mol. The van der Waals surface area contributed by atoms with Crippen molar-refractivity contribution < 1.29 is 4.79 Å². The lowest BCUT2D eigenvalue weighted by Gasteiger charge is -2.03. The first-order valence-electron chi connectivity index (χ1n) is 6.86. The molecule has 3 aromatic rings. The van der Waals surface area contributed by atoms with E-state index in [9.17, 15) is 4.79 Å². The molecular formula is C16H16N4OS. The Morgan fingerprint density at radius 1 is 1.27 bits per heavy atom. The number of rotatable bonds is 3. The molecule has 0 fully saturated rings. The van der Waals surface area contributed by atoms with Crippen LogP contribution in [0.5, 0.6) is 0 Å². The van der Waals surface area contributed by atoms with Crippen LogP contribution < -0.4 is 5.32 Å². The second-order valence-electron chi connectivity index (χ2n) is 5.20. The molecular weight excluding hydrogens is 296 g/mol. The van der Waals surface area contributed by atoms with E-state index in [0.29, 0.717) is 10.7 Å². The minimum atomic E-state index is -0.199. The molecule has 2 aromatic heterocycles. The van der Waals surface area contributed by atoms with Gasteiger partial charge in [0.1, 0.15) is 0 Å². The molecule has 2 heterocycles. The molecule has 6 heteroatoms. The van der Waals surface area contributed by atoms with Crippen LogP contribution in [0.3, 0.4) is 0 Å². The van der Waals surface area contributed by atoms with Crippen LogP contribution in [0.2, 0.25) is 0 Å². The van der Waals surface area contributed by atoms with Crippen LogP contribution in [-0.2, 0) is 7.05 Å². The Hall–Kier alpha value is -2.47. The molecule has 0 saturated carbocycles. The Kier molecular flexibility index (Phi) is 3.77. The molecule has 0 spiro atoms. The molecule has 1 amide bonds. The third kappa shape index (κ3) is 2.92. The van der Waals surface area contributed by atoms with Gasteiger partial charge in [-0.3, -0.25) is 14.8 Å². The SMILES string of the molecule is Cc1ccc(-c2cnc(NC(=O)c3cnn(C)c3)s2)c(C)c1. The van der Waals surface area contributed by atoms with Gasteiger partial charge in [0, 0.05) is 19.4 Å². The van der Waals surface area contributed by atoms with Gasteiger partial charge in [0.25, 0.3) is 5.91 Å². The highest BCUT2D eigenvalue weighted by atomic mass is 32.1. The number of nitrogens with one attached hydrogen (secondary N) is 1. The van der Waals surface area contributed by atoms with Crippen LogP contribution in [0.25, 0.3) is 10.4 Å². The Bertz CT molecular complexity index is 834. The zero-order valence-corrected chi connectivity index (χ0v) is 13.4. The van der Waals surface area contributed by atoms with Crippen LogP contribution >= 0.6 is 11.3 Å². The van der Waals surface area contributed by atoms with Gasteiger partial charge in [0.2, 0.25) is 0 Å². The average Bonchev–Trinajstić information content (AvgIpc) is 3.08. The molecule has 5 nitrogen and oxygen atoms in total. The first kappa shape index (κ1) is 14.5. The maximum atomic E-state index is 12.1. The predicted molar refractivity (Wildman–Crippen MR) is 88.2 cm³/mol. The summed E-state index contributed by atoms with van der Waals surface area (Å²) in [7, 11) is 1.78. The lowest BCUT2D eigenvalue weighted by Crippen LogP contribution is -2.10. The number of nitrogens with zero attached hydrogens (tertiary/aromatic N) is 3. The van der Waals surface area contributed by atoms with E-state index < -0.39 is 0 Å². The van der Waals surface area contributed by atoms with Gasteiger partial charge >= 0.3 is 0 Å². The minimum absolute atomic E-state index is 0.199. The molecule has 0 atom stereocenters. The van der Waals surface area contributed by atoms with Crippen molar-refractivity contribution in [2.24, 2.45) is 7.05 Å². The van der Waals surface area contributed by atoms with Crippen molar-refractivity contribution in [2.45, 2.75) is 13.8 Å². The Balaban J connectivity index is 1.80. The molecule has 0 aliphatic heterocycles. The van der Waals surface area contributed by atoms with Gasteiger partial charge in [-0.25, -0.2) is 4.98 Å². The van der Waals surface area contributed by atoms with Crippen molar-refractivity contribution in [3.63, 3.8) is 0 Å². The zero-order chi connectivity index (χ0) is 15.7. The number of hydrogen-bond donors (Lipinski definition) is 1. The maximum absolute atomic E-state index is 12.1. The van der Waals surface area contributed by atoms with Crippen LogP contribution in [0.1, 0.15) is 21.5 Å². The largest absolute Gasteiger partial charge is 0.298 e. The van der Waals surface area contributed by atoms with Crippen molar-refractivity contribution in [3.8, 4) is 10.4 Å². The standard InChI is InChI=1S/C16H16N4OS/c1-10-4-5-13(11(2)6-10)14-8-17-16(22-14)19-15(21)12-7-18-20(3)9-12/h4-9H,1-3H3,(H,17,19,21). The van der Waals surface area contributed by atoms with Crippen molar-refractivity contribution in [2.75, 3.05) is 5.32 Å². The molecule has 112 valence electrons. The quantitative estimate of drug-likeness (QED) is 0.806. The molecule has 0 aliphatic carbocycles. The van der Waals surface area contributed by atoms with Crippen molar-refractivity contribution in [1.82, 2.24) is 14.8 Å². The fourth-order valence-electron chi connectivity index (χ4n) is 2.25. The highest BCUT2D eigenvalue weighted by molar-refractivity contribution is 7.19. The van der Waals surface area contributed by atoms with Gasteiger partial charge in [-0.1, -0.05) is 35.1 Å².